The van der Waals surface area contributed by atoms with Crippen molar-refractivity contribution in [3.8, 4) is 0 Å². The maximum absolute atomic E-state index is 13.0. The van der Waals surface area contributed by atoms with Crippen molar-refractivity contribution in [2.75, 3.05) is 19.7 Å². The summed E-state index contributed by atoms with van der Waals surface area (Å²) in [6, 6.07) is 12.3. The van der Waals surface area contributed by atoms with Crippen LogP contribution in [0.25, 0.3) is 0 Å². The van der Waals surface area contributed by atoms with E-state index >= 15 is 0 Å². The van der Waals surface area contributed by atoms with Crippen molar-refractivity contribution in [2.24, 2.45) is 0 Å². The van der Waals surface area contributed by atoms with Crippen LogP contribution in [0.5, 0.6) is 0 Å². The number of benzene rings is 2. The third-order valence-corrected chi connectivity index (χ3v) is 3.70. The van der Waals surface area contributed by atoms with Crippen LogP contribution in [-0.4, -0.2) is 37.5 Å². The number of esters is 1. The van der Waals surface area contributed by atoms with Gasteiger partial charge in [-0.25, -0.2) is 4.39 Å². The Morgan fingerprint density at radius 1 is 1.04 bits per heavy atom. The Balaban J connectivity index is 1.63. The number of amides is 2. The molecule has 142 valence electrons. The van der Waals surface area contributed by atoms with Crippen molar-refractivity contribution < 1.29 is 23.5 Å². The number of carbonyl (C=O) groups is 3. The fourth-order valence-electron chi connectivity index (χ4n) is 2.17. The zero-order valence-corrected chi connectivity index (χ0v) is 15.1. The van der Waals surface area contributed by atoms with E-state index in [4.69, 9.17) is 16.3 Å². The molecule has 0 saturated heterocycles. The molecule has 0 saturated carbocycles. The van der Waals surface area contributed by atoms with E-state index in [2.05, 4.69) is 10.6 Å². The third kappa shape index (κ3) is 7.45. The van der Waals surface area contributed by atoms with E-state index in [1.807, 2.05) is 12.1 Å². The van der Waals surface area contributed by atoms with Crippen molar-refractivity contribution in [1.29, 1.82) is 0 Å². The summed E-state index contributed by atoms with van der Waals surface area (Å²) < 4.78 is 17.8. The van der Waals surface area contributed by atoms with Gasteiger partial charge in [-0.3, -0.25) is 14.4 Å². The van der Waals surface area contributed by atoms with E-state index in [-0.39, 0.29) is 5.56 Å². The molecule has 6 nitrogen and oxygen atoms in total. The minimum absolute atomic E-state index is 0.0848. The van der Waals surface area contributed by atoms with Gasteiger partial charge in [-0.1, -0.05) is 29.8 Å². The molecule has 0 radical (unpaired) electrons. The van der Waals surface area contributed by atoms with Crippen LogP contribution in [0.2, 0.25) is 5.02 Å². The lowest BCUT2D eigenvalue weighted by Gasteiger charge is -2.08. The predicted octanol–water partition coefficient (Wildman–Crippen LogP) is 2.11. The van der Waals surface area contributed by atoms with Gasteiger partial charge in [0.1, 0.15) is 12.4 Å². The van der Waals surface area contributed by atoms with Crippen LogP contribution in [0.4, 0.5) is 4.39 Å². The van der Waals surface area contributed by atoms with Gasteiger partial charge in [-0.15, -0.1) is 0 Å². The van der Waals surface area contributed by atoms with Crippen LogP contribution in [0.15, 0.2) is 48.5 Å². The molecule has 2 N–H and O–H groups in total. The van der Waals surface area contributed by atoms with Gasteiger partial charge in [0.25, 0.3) is 11.8 Å². The number of halogens is 2. The van der Waals surface area contributed by atoms with Crippen LogP contribution in [0.3, 0.4) is 0 Å². The number of rotatable bonds is 8. The molecule has 0 aliphatic heterocycles. The Morgan fingerprint density at radius 2 is 1.81 bits per heavy atom. The average molecular weight is 393 g/mol. The minimum Gasteiger partial charge on any atom is -0.454 e. The van der Waals surface area contributed by atoms with Crippen LogP contribution in [0.1, 0.15) is 15.9 Å². The minimum atomic E-state index is -0.773. The predicted molar refractivity (Wildman–Crippen MR) is 97.9 cm³/mol. The van der Waals surface area contributed by atoms with Crippen LogP contribution >= 0.6 is 11.6 Å². The van der Waals surface area contributed by atoms with E-state index in [0.717, 1.165) is 11.6 Å². The lowest BCUT2D eigenvalue weighted by Crippen LogP contribution is -2.34. The summed E-state index contributed by atoms with van der Waals surface area (Å²) in [5.41, 5.74) is 1.06. The van der Waals surface area contributed by atoms with Crippen LogP contribution < -0.4 is 10.6 Å². The first-order chi connectivity index (χ1) is 12.9. The fourth-order valence-corrected chi connectivity index (χ4v) is 2.38. The summed E-state index contributed by atoms with van der Waals surface area (Å²) >= 11 is 5.88. The number of ether oxygens (including phenoxy) is 1. The monoisotopic (exact) mass is 392 g/mol. The first-order valence-electron chi connectivity index (χ1n) is 8.14. The topological polar surface area (TPSA) is 84.5 Å². The molecule has 27 heavy (non-hydrogen) atoms. The van der Waals surface area contributed by atoms with E-state index in [0.29, 0.717) is 18.0 Å². The van der Waals surface area contributed by atoms with Crippen molar-refractivity contribution in [3.05, 3.63) is 70.5 Å². The molecule has 0 unspecified atom stereocenters. The zero-order chi connectivity index (χ0) is 19.6. The number of hydrogen-bond donors (Lipinski definition) is 2. The van der Waals surface area contributed by atoms with Gasteiger partial charge >= 0.3 is 5.97 Å². The highest BCUT2D eigenvalue weighted by Gasteiger charge is 2.11. The Bertz CT molecular complexity index is 829. The van der Waals surface area contributed by atoms with Gasteiger partial charge in [0, 0.05) is 17.1 Å². The molecule has 0 heterocycles. The Morgan fingerprint density at radius 3 is 2.56 bits per heavy atom. The summed E-state index contributed by atoms with van der Waals surface area (Å²) in [7, 11) is 0. The molecular weight excluding hydrogens is 375 g/mol. The number of carbonyl (C=O) groups excluding carboxylic acids is 3. The largest absolute Gasteiger partial charge is 0.454 e. The second-order valence-corrected chi connectivity index (χ2v) is 6.02. The van der Waals surface area contributed by atoms with Crippen LogP contribution in [0, 0.1) is 5.82 Å². The first kappa shape index (κ1) is 20.4. The summed E-state index contributed by atoms with van der Waals surface area (Å²) in [6.07, 6.45) is 0.587. The summed E-state index contributed by atoms with van der Waals surface area (Å²) in [5, 5.41) is 5.53. The fraction of sp³-hybridized carbons (Fsp3) is 0.211. The molecule has 8 heteroatoms. The maximum atomic E-state index is 13.0. The van der Waals surface area contributed by atoms with Crippen molar-refractivity contribution in [2.45, 2.75) is 6.42 Å². The van der Waals surface area contributed by atoms with Crippen molar-refractivity contribution in [3.63, 3.8) is 0 Å². The molecular formula is C19H18ClFN2O4. The van der Waals surface area contributed by atoms with E-state index < -0.39 is 36.8 Å². The normalized spacial score (nSPS) is 10.1. The standard InChI is InChI=1S/C19H18ClFN2O4/c20-15-5-1-3-13(9-15)7-8-22-17(24)12-27-18(25)11-23-19(26)14-4-2-6-16(21)10-14/h1-6,9-10H,7-8,11-12H2,(H,22,24)(H,23,26). The number of nitrogens with one attached hydrogen (secondary N) is 2. The molecule has 0 aromatic heterocycles. The highest BCUT2D eigenvalue weighted by molar-refractivity contribution is 6.30. The Labute approximate surface area is 160 Å². The van der Waals surface area contributed by atoms with Crippen LogP contribution in [-0.2, 0) is 20.7 Å². The SMILES string of the molecule is O=C(COC(=O)CNC(=O)c1cccc(F)c1)NCCc1cccc(Cl)c1. The highest BCUT2D eigenvalue weighted by Crippen LogP contribution is 2.10. The molecule has 2 aromatic carbocycles. The van der Waals surface area contributed by atoms with E-state index in [1.54, 1.807) is 12.1 Å². The molecule has 0 aliphatic carbocycles. The van der Waals surface area contributed by atoms with E-state index in [9.17, 15) is 18.8 Å². The van der Waals surface area contributed by atoms with Gasteiger partial charge in [-0.05, 0) is 42.3 Å². The second-order valence-electron chi connectivity index (χ2n) is 5.58. The smallest absolute Gasteiger partial charge is 0.325 e. The average Bonchev–Trinajstić information content (AvgIpc) is 2.64. The van der Waals surface area contributed by atoms with Crippen molar-refractivity contribution >= 4 is 29.4 Å². The maximum Gasteiger partial charge on any atom is 0.325 e. The molecule has 0 bridgehead atoms. The lowest BCUT2D eigenvalue weighted by molar-refractivity contribution is -0.147. The van der Waals surface area contributed by atoms with Gasteiger partial charge < -0.3 is 15.4 Å². The summed E-state index contributed by atoms with van der Waals surface area (Å²) in [4.78, 5) is 35.0. The molecule has 2 aromatic rings. The molecule has 0 atom stereocenters. The van der Waals surface area contributed by atoms with Gasteiger partial charge in [-0.2, -0.15) is 0 Å². The van der Waals surface area contributed by atoms with E-state index in [1.165, 1.54) is 18.2 Å². The Hall–Kier alpha value is -2.93. The van der Waals surface area contributed by atoms with Crippen molar-refractivity contribution in [1.82, 2.24) is 10.6 Å². The molecule has 2 rings (SSSR count). The molecule has 2 amide bonds. The summed E-state index contributed by atoms with van der Waals surface area (Å²) in [5.74, 6) is -2.40. The van der Waals surface area contributed by atoms with Gasteiger partial charge in [0.15, 0.2) is 6.61 Å². The Kier molecular flexibility index (Phi) is 7.76. The van der Waals surface area contributed by atoms with Gasteiger partial charge in [0.05, 0.1) is 0 Å². The molecule has 0 aliphatic rings. The molecule has 0 fully saturated rings. The first-order valence-corrected chi connectivity index (χ1v) is 8.52. The second kappa shape index (κ2) is 10.3. The summed E-state index contributed by atoms with van der Waals surface area (Å²) in [6.45, 7) is -0.512. The lowest BCUT2D eigenvalue weighted by atomic mass is 10.1. The highest BCUT2D eigenvalue weighted by atomic mass is 35.5. The quantitative estimate of drug-likeness (QED) is 0.674. The number of hydrogen-bond acceptors (Lipinski definition) is 4. The zero-order valence-electron chi connectivity index (χ0n) is 14.3. The van der Waals surface area contributed by atoms with Gasteiger partial charge in [0.2, 0.25) is 0 Å². The molecule has 0 spiro atoms. The third-order valence-electron chi connectivity index (χ3n) is 3.47.